The Kier molecular flexibility index (Phi) is 4.90. The summed E-state index contributed by atoms with van der Waals surface area (Å²) in [6, 6.07) is 0. The summed E-state index contributed by atoms with van der Waals surface area (Å²) >= 11 is 0. The molecular weight excluding hydrogens is 187 g/mol. The summed E-state index contributed by atoms with van der Waals surface area (Å²) in [5, 5.41) is 0. The van der Waals surface area contributed by atoms with Crippen LogP contribution in [-0.2, 0) is 0 Å². The Hall–Kier alpha value is -0.610. The van der Waals surface area contributed by atoms with E-state index >= 15 is 0 Å². The van der Waals surface area contributed by atoms with Gasteiger partial charge in [-0.1, -0.05) is 56.5 Å². The Morgan fingerprint density at radius 2 is 1.57 bits per heavy atom. The van der Waals surface area contributed by atoms with Gasteiger partial charge in [0.25, 0.3) is 0 Å². The molecule has 1 heteroatoms. The molecule has 0 heterocycles. The van der Waals surface area contributed by atoms with Crippen molar-refractivity contribution in [3.05, 3.63) is 48.6 Å². The van der Waals surface area contributed by atoms with Crippen molar-refractivity contribution in [2.75, 3.05) is 6.66 Å². The second kappa shape index (κ2) is 5.98. The Balaban J connectivity index is 2.67. The van der Waals surface area contributed by atoms with E-state index in [9.17, 15) is 0 Å². The maximum Gasteiger partial charge on any atom is 0.0162 e. The zero-order valence-corrected chi connectivity index (χ0v) is 10.1. The first-order valence-corrected chi connectivity index (χ1v) is 7.05. The topological polar surface area (TPSA) is 0 Å². The fourth-order valence-corrected chi connectivity index (χ4v) is 3.65. The largest absolute Gasteiger partial charge is 0.0907 e. The van der Waals surface area contributed by atoms with Crippen molar-refractivity contribution in [2.45, 2.75) is 25.2 Å². The molecule has 0 bridgehead atoms. The smallest absolute Gasteiger partial charge is 0.0162 e. The van der Waals surface area contributed by atoms with Crippen LogP contribution >= 0.6 is 7.92 Å². The van der Waals surface area contributed by atoms with Gasteiger partial charge in [0.15, 0.2) is 0 Å². The Morgan fingerprint density at radius 1 is 1.07 bits per heavy atom. The summed E-state index contributed by atoms with van der Waals surface area (Å²) in [5.41, 5.74) is 1.29. The second-order valence-corrected chi connectivity index (χ2v) is 5.99. The molecule has 0 aromatic rings. The number of hydrogen-bond acceptors (Lipinski definition) is 0. The quantitative estimate of drug-likeness (QED) is 0.479. The second-order valence-electron chi connectivity index (χ2n) is 3.47. The lowest BCUT2D eigenvalue weighted by atomic mass is 10.3. The first kappa shape index (κ1) is 11.5. The molecule has 0 saturated carbocycles. The minimum atomic E-state index is -0.00412. The van der Waals surface area contributed by atoms with Crippen molar-refractivity contribution in [2.24, 2.45) is 0 Å². The van der Waals surface area contributed by atoms with E-state index in [0.29, 0.717) is 11.3 Å². The van der Waals surface area contributed by atoms with Crippen LogP contribution in [0.4, 0.5) is 0 Å². The molecule has 1 atom stereocenters. The van der Waals surface area contributed by atoms with Crippen LogP contribution in [0.15, 0.2) is 48.6 Å². The minimum absolute atomic E-state index is 0.00412. The third kappa shape index (κ3) is 2.96. The van der Waals surface area contributed by atoms with E-state index in [-0.39, 0.29) is 7.92 Å². The molecule has 0 aromatic carbocycles. The molecule has 1 rings (SSSR count). The standard InChI is InChI=1S/C13H19P/c1-4-8-12(9-5-2)14(3)13-10-6-7-11-13/h4-13H,1-3H3/b8-4-,9-5-. The maximum atomic E-state index is 2.38. The van der Waals surface area contributed by atoms with Crippen LogP contribution < -0.4 is 0 Å². The molecule has 0 fully saturated rings. The van der Waals surface area contributed by atoms with Crippen molar-refractivity contribution >= 4 is 7.92 Å². The highest BCUT2D eigenvalue weighted by molar-refractivity contribution is 7.59. The molecule has 0 N–H and O–H groups in total. The van der Waals surface area contributed by atoms with Gasteiger partial charge < -0.3 is 0 Å². The SMILES string of the molecule is C/C=C\C(/C=C\C)P(C)C1C=CC=C1. The average molecular weight is 206 g/mol. The fraction of sp³-hybridized carbons (Fsp3) is 0.385. The van der Waals surface area contributed by atoms with E-state index in [4.69, 9.17) is 0 Å². The molecule has 0 spiro atoms. The van der Waals surface area contributed by atoms with Gasteiger partial charge in [-0.25, -0.2) is 0 Å². The number of hydrogen-bond donors (Lipinski definition) is 0. The van der Waals surface area contributed by atoms with E-state index in [0.717, 1.165) is 0 Å². The highest BCUT2D eigenvalue weighted by atomic mass is 31.1. The van der Waals surface area contributed by atoms with Crippen molar-refractivity contribution in [1.82, 2.24) is 0 Å². The maximum absolute atomic E-state index is 2.38. The minimum Gasteiger partial charge on any atom is -0.0907 e. The van der Waals surface area contributed by atoms with Gasteiger partial charge in [0.1, 0.15) is 0 Å². The molecule has 76 valence electrons. The van der Waals surface area contributed by atoms with Crippen molar-refractivity contribution in [3.8, 4) is 0 Å². The molecule has 0 saturated heterocycles. The van der Waals surface area contributed by atoms with Crippen LogP contribution in [-0.4, -0.2) is 18.0 Å². The van der Waals surface area contributed by atoms with Crippen LogP contribution in [0, 0.1) is 0 Å². The lowest BCUT2D eigenvalue weighted by Crippen LogP contribution is -2.05. The van der Waals surface area contributed by atoms with Gasteiger partial charge in [0, 0.05) is 11.3 Å². The van der Waals surface area contributed by atoms with Gasteiger partial charge in [-0.15, -0.1) is 0 Å². The van der Waals surface area contributed by atoms with E-state index < -0.39 is 0 Å². The Labute approximate surface area is 88.9 Å². The molecular formula is C13H19P. The van der Waals surface area contributed by atoms with Gasteiger partial charge in [-0.2, -0.15) is 0 Å². The highest BCUT2D eigenvalue weighted by Crippen LogP contribution is 2.46. The molecule has 0 amide bonds. The molecule has 1 unspecified atom stereocenters. The fourth-order valence-electron chi connectivity index (χ4n) is 1.62. The van der Waals surface area contributed by atoms with Crippen molar-refractivity contribution in [1.29, 1.82) is 0 Å². The number of rotatable bonds is 4. The molecule has 14 heavy (non-hydrogen) atoms. The van der Waals surface area contributed by atoms with Gasteiger partial charge in [0.05, 0.1) is 0 Å². The lowest BCUT2D eigenvalue weighted by Gasteiger charge is -2.22. The molecule has 0 aromatic heterocycles. The van der Waals surface area contributed by atoms with Crippen LogP contribution in [0.1, 0.15) is 13.8 Å². The first-order valence-electron chi connectivity index (χ1n) is 5.12. The Morgan fingerprint density at radius 3 is 2.00 bits per heavy atom. The van der Waals surface area contributed by atoms with Crippen molar-refractivity contribution in [3.63, 3.8) is 0 Å². The van der Waals surface area contributed by atoms with Crippen LogP contribution in [0.5, 0.6) is 0 Å². The van der Waals surface area contributed by atoms with Crippen LogP contribution in [0.25, 0.3) is 0 Å². The van der Waals surface area contributed by atoms with Crippen molar-refractivity contribution < 1.29 is 0 Å². The average Bonchev–Trinajstić information content (AvgIpc) is 2.69. The third-order valence-corrected chi connectivity index (χ3v) is 5.02. The van der Waals surface area contributed by atoms with Gasteiger partial charge in [0.2, 0.25) is 0 Å². The summed E-state index contributed by atoms with van der Waals surface area (Å²) < 4.78 is 0. The van der Waals surface area contributed by atoms with Gasteiger partial charge >= 0.3 is 0 Å². The predicted molar refractivity (Wildman–Crippen MR) is 68.3 cm³/mol. The van der Waals surface area contributed by atoms with Crippen LogP contribution in [0.3, 0.4) is 0 Å². The van der Waals surface area contributed by atoms with E-state index in [1.165, 1.54) is 0 Å². The summed E-state index contributed by atoms with van der Waals surface area (Å²) in [6.45, 7) is 6.57. The molecule has 1 aliphatic rings. The molecule has 0 aliphatic heterocycles. The summed E-state index contributed by atoms with van der Waals surface area (Å²) in [6.07, 6.45) is 17.9. The number of allylic oxidation sites excluding steroid dienone is 8. The highest BCUT2D eigenvalue weighted by Gasteiger charge is 2.18. The monoisotopic (exact) mass is 206 g/mol. The van der Waals surface area contributed by atoms with Gasteiger partial charge in [-0.05, 0) is 20.5 Å². The normalized spacial score (nSPS) is 19.4. The Bertz CT molecular complexity index is 247. The van der Waals surface area contributed by atoms with E-state index in [1.807, 2.05) is 0 Å². The predicted octanol–water partition coefficient (Wildman–Crippen LogP) is 4.11. The summed E-state index contributed by atoms with van der Waals surface area (Å²) in [5.74, 6) is 0. The molecule has 0 nitrogen and oxygen atoms in total. The molecule has 1 aliphatic carbocycles. The van der Waals surface area contributed by atoms with E-state index in [1.54, 1.807) is 0 Å². The molecule has 0 radical (unpaired) electrons. The zero-order valence-electron chi connectivity index (χ0n) is 9.22. The van der Waals surface area contributed by atoms with Crippen LogP contribution in [0.2, 0.25) is 0 Å². The van der Waals surface area contributed by atoms with E-state index in [2.05, 4.69) is 69.1 Å². The zero-order chi connectivity index (χ0) is 10.4. The first-order chi connectivity index (χ1) is 6.79. The third-order valence-electron chi connectivity index (χ3n) is 2.45. The summed E-state index contributed by atoms with van der Waals surface area (Å²) in [7, 11) is -0.00412. The van der Waals surface area contributed by atoms with Gasteiger partial charge in [-0.3, -0.25) is 0 Å². The lowest BCUT2D eigenvalue weighted by molar-refractivity contribution is 1.30. The summed E-state index contributed by atoms with van der Waals surface area (Å²) in [4.78, 5) is 0.